The molecule has 0 aliphatic carbocycles. The standard InChI is InChI=1S/C21H29FN4O2.ClH/c1-26(21(27)20-11-10-18(14-23)28-20)12-4-2-3-5-17-13-19(25-24-17)15-6-8-16(22)9-7-15;/h6-9,13,18,20H,2-5,10-12,14,23H2,1H3,(H,24,25);1H/t18-,20+;/m1./s1. The Kier molecular flexibility index (Phi) is 9.07. The molecule has 2 aromatic rings. The predicted octanol–water partition coefficient (Wildman–Crippen LogP) is 3.32. The number of benzene rings is 1. The number of carbonyl (C=O) groups excluding carboxylic acids is 1. The smallest absolute Gasteiger partial charge is 0.251 e. The summed E-state index contributed by atoms with van der Waals surface area (Å²) in [5, 5.41) is 7.35. The highest BCUT2D eigenvalue weighted by atomic mass is 35.5. The second kappa shape index (κ2) is 11.3. The number of carbonyl (C=O) groups is 1. The summed E-state index contributed by atoms with van der Waals surface area (Å²) < 4.78 is 18.7. The van der Waals surface area contributed by atoms with Gasteiger partial charge in [-0.2, -0.15) is 5.10 Å². The summed E-state index contributed by atoms with van der Waals surface area (Å²) in [4.78, 5) is 14.1. The highest BCUT2D eigenvalue weighted by molar-refractivity contribution is 5.85. The van der Waals surface area contributed by atoms with Crippen LogP contribution >= 0.6 is 12.4 Å². The van der Waals surface area contributed by atoms with Crippen LogP contribution in [0.4, 0.5) is 4.39 Å². The van der Waals surface area contributed by atoms with Crippen molar-refractivity contribution in [2.45, 2.75) is 50.7 Å². The lowest BCUT2D eigenvalue weighted by atomic mass is 10.1. The quantitative estimate of drug-likeness (QED) is 0.605. The van der Waals surface area contributed by atoms with Crippen LogP contribution in [-0.2, 0) is 16.0 Å². The molecule has 1 saturated heterocycles. The second-order valence-electron chi connectivity index (χ2n) is 7.42. The number of amides is 1. The summed E-state index contributed by atoms with van der Waals surface area (Å²) in [5.41, 5.74) is 8.39. The summed E-state index contributed by atoms with van der Waals surface area (Å²) in [6.07, 6.45) is 5.22. The zero-order chi connectivity index (χ0) is 19.9. The number of hydrogen-bond donors (Lipinski definition) is 2. The van der Waals surface area contributed by atoms with Crippen LogP contribution in [0.1, 0.15) is 37.8 Å². The number of ether oxygens (including phenoxy) is 1. The second-order valence-corrected chi connectivity index (χ2v) is 7.42. The van der Waals surface area contributed by atoms with Gasteiger partial charge in [-0.3, -0.25) is 9.89 Å². The van der Waals surface area contributed by atoms with Crippen LogP contribution in [0.25, 0.3) is 11.3 Å². The van der Waals surface area contributed by atoms with Crippen LogP contribution in [0.15, 0.2) is 30.3 Å². The molecule has 8 heteroatoms. The fraction of sp³-hybridized carbons (Fsp3) is 0.524. The summed E-state index contributed by atoms with van der Waals surface area (Å²) in [5.74, 6) is -0.185. The Morgan fingerprint density at radius 3 is 2.72 bits per heavy atom. The van der Waals surface area contributed by atoms with E-state index in [-0.39, 0.29) is 36.3 Å². The van der Waals surface area contributed by atoms with Crippen LogP contribution in [0.2, 0.25) is 0 Å². The molecule has 0 bridgehead atoms. The lowest BCUT2D eigenvalue weighted by Gasteiger charge is -2.21. The molecule has 2 atom stereocenters. The van der Waals surface area contributed by atoms with Crippen molar-refractivity contribution < 1.29 is 13.9 Å². The summed E-state index contributed by atoms with van der Waals surface area (Å²) in [7, 11) is 1.84. The van der Waals surface area contributed by atoms with Gasteiger partial charge >= 0.3 is 0 Å². The number of aromatic nitrogens is 2. The lowest BCUT2D eigenvalue weighted by molar-refractivity contribution is -0.141. The number of nitrogens with two attached hydrogens (primary N) is 1. The number of nitrogens with zero attached hydrogens (tertiary/aromatic N) is 2. The van der Waals surface area contributed by atoms with Gasteiger partial charge in [0.2, 0.25) is 0 Å². The van der Waals surface area contributed by atoms with Crippen molar-refractivity contribution in [2.24, 2.45) is 5.73 Å². The maximum atomic E-state index is 13.0. The van der Waals surface area contributed by atoms with Gasteiger partial charge in [0.25, 0.3) is 5.91 Å². The van der Waals surface area contributed by atoms with E-state index in [1.807, 2.05) is 13.1 Å². The van der Waals surface area contributed by atoms with Gasteiger partial charge in [0.1, 0.15) is 11.9 Å². The van der Waals surface area contributed by atoms with Gasteiger partial charge in [-0.05, 0) is 62.4 Å². The highest BCUT2D eigenvalue weighted by Crippen LogP contribution is 2.21. The first-order chi connectivity index (χ1) is 13.6. The van der Waals surface area contributed by atoms with Crippen molar-refractivity contribution in [1.82, 2.24) is 15.1 Å². The minimum absolute atomic E-state index is 0. The number of likely N-dealkylation sites (N-methyl/N-ethyl adjacent to an activating group) is 1. The molecule has 2 heterocycles. The third-order valence-electron chi connectivity index (χ3n) is 5.23. The predicted molar refractivity (Wildman–Crippen MR) is 113 cm³/mol. The fourth-order valence-electron chi connectivity index (χ4n) is 3.52. The van der Waals surface area contributed by atoms with E-state index >= 15 is 0 Å². The Morgan fingerprint density at radius 1 is 1.28 bits per heavy atom. The number of aromatic amines is 1. The molecule has 160 valence electrons. The molecule has 1 aliphatic rings. The van der Waals surface area contributed by atoms with E-state index in [0.29, 0.717) is 6.54 Å². The van der Waals surface area contributed by atoms with Gasteiger partial charge in [0.15, 0.2) is 0 Å². The van der Waals surface area contributed by atoms with E-state index in [2.05, 4.69) is 10.2 Å². The molecule has 1 aromatic carbocycles. The van der Waals surface area contributed by atoms with Crippen LogP contribution in [0, 0.1) is 5.82 Å². The average molecular weight is 425 g/mol. The number of halogens is 2. The van der Waals surface area contributed by atoms with Crippen molar-refractivity contribution >= 4 is 18.3 Å². The van der Waals surface area contributed by atoms with Gasteiger partial charge in [0, 0.05) is 31.4 Å². The summed E-state index contributed by atoms with van der Waals surface area (Å²) >= 11 is 0. The van der Waals surface area contributed by atoms with Gasteiger partial charge in [0.05, 0.1) is 11.8 Å². The molecule has 29 heavy (non-hydrogen) atoms. The molecule has 3 N–H and O–H groups in total. The maximum Gasteiger partial charge on any atom is 0.251 e. The molecule has 0 spiro atoms. The van der Waals surface area contributed by atoms with Crippen LogP contribution in [0.5, 0.6) is 0 Å². The number of nitrogens with one attached hydrogen (secondary N) is 1. The lowest BCUT2D eigenvalue weighted by Crippen LogP contribution is -2.37. The Hall–Kier alpha value is -1.96. The average Bonchev–Trinajstić information content (AvgIpc) is 3.37. The topological polar surface area (TPSA) is 84.2 Å². The van der Waals surface area contributed by atoms with Crippen molar-refractivity contribution in [3.63, 3.8) is 0 Å². The molecule has 1 aromatic heterocycles. The Balaban J connectivity index is 0.00000300. The Morgan fingerprint density at radius 2 is 2.03 bits per heavy atom. The normalized spacial score (nSPS) is 18.4. The summed E-state index contributed by atoms with van der Waals surface area (Å²) in [6.45, 7) is 1.21. The van der Waals surface area contributed by atoms with E-state index in [9.17, 15) is 9.18 Å². The molecule has 1 aliphatic heterocycles. The zero-order valence-corrected chi connectivity index (χ0v) is 17.6. The summed E-state index contributed by atoms with van der Waals surface area (Å²) in [6, 6.07) is 8.34. The zero-order valence-electron chi connectivity index (χ0n) is 16.8. The van der Waals surface area contributed by atoms with Crippen LogP contribution in [-0.4, -0.2) is 53.3 Å². The molecule has 1 fully saturated rings. The van der Waals surface area contributed by atoms with E-state index in [4.69, 9.17) is 10.5 Å². The number of hydrogen-bond acceptors (Lipinski definition) is 4. The largest absolute Gasteiger partial charge is 0.364 e. The van der Waals surface area contributed by atoms with E-state index in [1.54, 1.807) is 17.0 Å². The van der Waals surface area contributed by atoms with Crippen molar-refractivity contribution in [3.05, 3.63) is 41.8 Å². The van der Waals surface area contributed by atoms with Gasteiger partial charge in [-0.25, -0.2) is 4.39 Å². The van der Waals surface area contributed by atoms with E-state index in [0.717, 1.165) is 62.0 Å². The van der Waals surface area contributed by atoms with Gasteiger partial charge in [-0.1, -0.05) is 6.42 Å². The number of aryl methyl sites for hydroxylation is 1. The molecular formula is C21H30ClFN4O2. The minimum atomic E-state index is -0.326. The molecule has 6 nitrogen and oxygen atoms in total. The van der Waals surface area contributed by atoms with E-state index < -0.39 is 0 Å². The third-order valence-corrected chi connectivity index (χ3v) is 5.23. The molecular weight excluding hydrogens is 395 g/mol. The first-order valence-electron chi connectivity index (χ1n) is 9.97. The van der Waals surface area contributed by atoms with Crippen molar-refractivity contribution in [1.29, 1.82) is 0 Å². The monoisotopic (exact) mass is 424 g/mol. The fourth-order valence-corrected chi connectivity index (χ4v) is 3.52. The minimum Gasteiger partial charge on any atom is -0.364 e. The third kappa shape index (κ3) is 6.52. The molecule has 0 saturated carbocycles. The maximum absolute atomic E-state index is 13.0. The first kappa shape index (κ1) is 23.3. The Labute approximate surface area is 177 Å². The van der Waals surface area contributed by atoms with E-state index in [1.165, 1.54) is 12.1 Å². The SMILES string of the molecule is CN(CCCCCc1cc(-c2ccc(F)cc2)n[nH]1)C(=O)[C@@H]1CC[C@H](CN)O1.Cl. The highest BCUT2D eigenvalue weighted by Gasteiger charge is 2.31. The van der Waals surface area contributed by atoms with Crippen molar-refractivity contribution in [2.75, 3.05) is 20.1 Å². The molecule has 0 radical (unpaired) electrons. The number of rotatable bonds is 9. The number of H-pyrrole nitrogens is 1. The molecule has 1 amide bonds. The Bertz CT molecular complexity index is 768. The van der Waals surface area contributed by atoms with Crippen molar-refractivity contribution in [3.8, 4) is 11.3 Å². The van der Waals surface area contributed by atoms with Gasteiger partial charge in [-0.15, -0.1) is 12.4 Å². The van der Waals surface area contributed by atoms with Gasteiger partial charge < -0.3 is 15.4 Å². The molecule has 0 unspecified atom stereocenters. The first-order valence-corrected chi connectivity index (χ1v) is 9.97. The van der Waals surface area contributed by atoms with Crippen LogP contribution < -0.4 is 5.73 Å². The molecule has 3 rings (SSSR count). The number of unbranched alkanes of at least 4 members (excludes halogenated alkanes) is 2. The van der Waals surface area contributed by atoms with Crippen LogP contribution in [0.3, 0.4) is 0 Å².